The van der Waals surface area contributed by atoms with E-state index in [0.717, 1.165) is 17.4 Å². The number of aromatic nitrogens is 2. The molecular formula is C9H16N4OS. The Bertz CT molecular complexity index is 313. The summed E-state index contributed by atoms with van der Waals surface area (Å²) >= 11 is 1.34. The van der Waals surface area contributed by atoms with E-state index < -0.39 is 0 Å². The molecule has 0 atom stereocenters. The van der Waals surface area contributed by atoms with Gasteiger partial charge in [-0.1, -0.05) is 6.92 Å². The summed E-state index contributed by atoms with van der Waals surface area (Å²) in [4.78, 5) is 15.3. The molecule has 0 saturated carbocycles. The first kappa shape index (κ1) is 11.9. The number of nitrogens with zero attached hydrogens (tertiary/aromatic N) is 2. The van der Waals surface area contributed by atoms with E-state index in [1.165, 1.54) is 11.5 Å². The second-order valence-corrected chi connectivity index (χ2v) is 3.75. The minimum absolute atomic E-state index is 0.0604. The van der Waals surface area contributed by atoms with Crippen molar-refractivity contribution in [1.29, 1.82) is 0 Å². The molecule has 0 fully saturated rings. The van der Waals surface area contributed by atoms with E-state index in [4.69, 9.17) is 0 Å². The minimum Gasteiger partial charge on any atom is -0.360 e. The van der Waals surface area contributed by atoms with E-state index in [2.05, 4.69) is 20.0 Å². The molecule has 1 aromatic heterocycles. The molecule has 0 aliphatic heterocycles. The van der Waals surface area contributed by atoms with E-state index in [-0.39, 0.29) is 5.91 Å². The van der Waals surface area contributed by atoms with Crippen LogP contribution in [0.1, 0.15) is 26.1 Å². The Morgan fingerprint density at radius 2 is 2.27 bits per heavy atom. The molecule has 0 aliphatic rings. The zero-order chi connectivity index (χ0) is 11.1. The maximum absolute atomic E-state index is 11.1. The van der Waals surface area contributed by atoms with E-state index >= 15 is 0 Å². The lowest BCUT2D eigenvalue weighted by atomic mass is 10.4. The zero-order valence-electron chi connectivity index (χ0n) is 9.04. The first-order valence-electron chi connectivity index (χ1n) is 5.09. The second kappa shape index (κ2) is 6.34. The van der Waals surface area contributed by atoms with E-state index in [1.807, 2.05) is 13.8 Å². The van der Waals surface area contributed by atoms with E-state index in [9.17, 15) is 4.79 Å². The number of aryl methyl sites for hydroxylation is 1. The number of hydrogen-bond donors (Lipinski definition) is 2. The van der Waals surface area contributed by atoms with Crippen LogP contribution in [-0.2, 0) is 11.2 Å². The molecule has 0 bridgehead atoms. The van der Waals surface area contributed by atoms with Crippen LogP contribution in [0.25, 0.3) is 0 Å². The van der Waals surface area contributed by atoms with Crippen LogP contribution >= 0.6 is 11.5 Å². The SMILES string of the molecule is CCNC(=O)CCNc1nc(CC)ns1. The van der Waals surface area contributed by atoms with E-state index in [0.29, 0.717) is 19.5 Å². The number of carbonyl (C=O) groups excluding carboxylic acids is 1. The van der Waals surface area contributed by atoms with Crippen molar-refractivity contribution in [2.75, 3.05) is 18.4 Å². The van der Waals surface area contributed by atoms with Gasteiger partial charge in [-0.05, 0) is 6.92 Å². The maximum atomic E-state index is 11.1. The molecule has 1 rings (SSSR count). The minimum atomic E-state index is 0.0604. The summed E-state index contributed by atoms with van der Waals surface area (Å²) in [5.74, 6) is 0.908. The van der Waals surface area contributed by atoms with Crippen LogP contribution in [-0.4, -0.2) is 28.4 Å². The van der Waals surface area contributed by atoms with Crippen molar-refractivity contribution in [3.8, 4) is 0 Å². The molecular weight excluding hydrogens is 212 g/mol. The van der Waals surface area contributed by atoms with Gasteiger partial charge in [-0.3, -0.25) is 4.79 Å². The molecule has 0 aliphatic carbocycles. The number of carbonyl (C=O) groups is 1. The highest BCUT2D eigenvalue weighted by Crippen LogP contribution is 2.10. The third kappa shape index (κ3) is 4.24. The lowest BCUT2D eigenvalue weighted by Gasteiger charge is -2.02. The Hall–Kier alpha value is -1.17. The molecule has 0 radical (unpaired) electrons. The lowest BCUT2D eigenvalue weighted by Crippen LogP contribution is -2.24. The molecule has 0 saturated heterocycles. The third-order valence-electron chi connectivity index (χ3n) is 1.79. The quantitative estimate of drug-likeness (QED) is 0.763. The predicted octanol–water partition coefficient (Wildman–Crippen LogP) is 1.04. The van der Waals surface area contributed by atoms with Crippen molar-refractivity contribution in [1.82, 2.24) is 14.7 Å². The summed E-state index contributed by atoms with van der Waals surface area (Å²) in [5.41, 5.74) is 0. The molecule has 0 spiro atoms. The van der Waals surface area contributed by atoms with Crippen molar-refractivity contribution in [2.24, 2.45) is 0 Å². The van der Waals surface area contributed by atoms with Crippen LogP contribution in [0.5, 0.6) is 0 Å². The molecule has 0 unspecified atom stereocenters. The summed E-state index contributed by atoms with van der Waals surface area (Å²) in [7, 11) is 0. The fourth-order valence-electron chi connectivity index (χ4n) is 1.04. The fraction of sp³-hybridized carbons (Fsp3) is 0.667. The lowest BCUT2D eigenvalue weighted by molar-refractivity contribution is -0.120. The molecule has 1 aromatic rings. The average Bonchev–Trinajstić information content (AvgIpc) is 2.66. The summed E-state index contributed by atoms with van der Waals surface area (Å²) in [6, 6.07) is 0. The standard InChI is InChI=1S/C9H16N4OS/c1-3-7-12-9(15-13-7)11-6-5-8(14)10-4-2/h3-6H2,1-2H3,(H,10,14)(H,11,12,13). The monoisotopic (exact) mass is 228 g/mol. The predicted molar refractivity (Wildman–Crippen MR) is 61.1 cm³/mol. The molecule has 0 aromatic carbocycles. The molecule has 15 heavy (non-hydrogen) atoms. The van der Waals surface area contributed by atoms with Gasteiger partial charge in [0.15, 0.2) is 0 Å². The van der Waals surface area contributed by atoms with Crippen molar-refractivity contribution < 1.29 is 4.79 Å². The average molecular weight is 228 g/mol. The molecule has 1 heterocycles. The summed E-state index contributed by atoms with van der Waals surface area (Å²) < 4.78 is 4.14. The van der Waals surface area contributed by atoms with Gasteiger partial charge < -0.3 is 10.6 Å². The van der Waals surface area contributed by atoms with Gasteiger partial charge in [0.1, 0.15) is 5.82 Å². The highest BCUT2D eigenvalue weighted by molar-refractivity contribution is 7.09. The summed E-state index contributed by atoms with van der Waals surface area (Å²) in [5, 5.41) is 6.60. The van der Waals surface area contributed by atoms with Gasteiger partial charge in [0.2, 0.25) is 11.0 Å². The number of hydrogen-bond acceptors (Lipinski definition) is 5. The third-order valence-corrected chi connectivity index (χ3v) is 2.50. The molecule has 84 valence electrons. The van der Waals surface area contributed by atoms with Crippen molar-refractivity contribution in [2.45, 2.75) is 26.7 Å². The topological polar surface area (TPSA) is 66.9 Å². The van der Waals surface area contributed by atoms with Gasteiger partial charge in [-0.25, -0.2) is 4.98 Å². The van der Waals surface area contributed by atoms with Crippen LogP contribution in [0.4, 0.5) is 5.13 Å². The van der Waals surface area contributed by atoms with Crippen molar-refractivity contribution in [3.63, 3.8) is 0 Å². The van der Waals surface area contributed by atoms with Gasteiger partial charge in [-0.2, -0.15) is 4.37 Å². The van der Waals surface area contributed by atoms with Crippen molar-refractivity contribution in [3.05, 3.63) is 5.82 Å². The zero-order valence-corrected chi connectivity index (χ0v) is 9.86. The van der Waals surface area contributed by atoms with Gasteiger partial charge in [0.25, 0.3) is 0 Å². The van der Waals surface area contributed by atoms with Crippen LogP contribution in [0.2, 0.25) is 0 Å². The maximum Gasteiger partial charge on any atom is 0.221 e. The van der Waals surface area contributed by atoms with Crippen LogP contribution in [0.15, 0.2) is 0 Å². The normalized spacial score (nSPS) is 10.0. The molecule has 5 nitrogen and oxygen atoms in total. The first-order valence-corrected chi connectivity index (χ1v) is 5.86. The van der Waals surface area contributed by atoms with E-state index in [1.54, 1.807) is 0 Å². The smallest absolute Gasteiger partial charge is 0.221 e. The second-order valence-electron chi connectivity index (χ2n) is 3.00. The summed E-state index contributed by atoms with van der Waals surface area (Å²) in [6.45, 7) is 5.20. The number of amides is 1. The Labute approximate surface area is 93.5 Å². The van der Waals surface area contributed by atoms with Gasteiger partial charge >= 0.3 is 0 Å². The molecule has 1 amide bonds. The number of nitrogens with one attached hydrogen (secondary N) is 2. The van der Waals surface area contributed by atoms with Crippen LogP contribution in [0, 0.1) is 0 Å². The summed E-state index contributed by atoms with van der Waals surface area (Å²) in [6.07, 6.45) is 1.31. The van der Waals surface area contributed by atoms with Crippen LogP contribution < -0.4 is 10.6 Å². The Kier molecular flexibility index (Phi) is 5.03. The van der Waals surface area contributed by atoms with Gasteiger partial charge in [-0.15, -0.1) is 0 Å². The van der Waals surface area contributed by atoms with Crippen molar-refractivity contribution >= 4 is 22.6 Å². The van der Waals surface area contributed by atoms with Gasteiger partial charge in [0.05, 0.1) is 0 Å². The largest absolute Gasteiger partial charge is 0.360 e. The highest BCUT2D eigenvalue weighted by Gasteiger charge is 2.02. The van der Waals surface area contributed by atoms with Crippen LogP contribution in [0.3, 0.4) is 0 Å². The Morgan fingerprint density at radius 1 is 1.47 bits per heavy atom. The van der Waals surface area contributed by atoms with Gasteiger partial charge in [0, 0.05) is 37.5 Å². The fourth-order valence-corrected chi connectivity index (χ4v) is 1.71. The first-order chi connectivity index (χ1) is 7.26. The molecule has 6 heteroatoms. The number of anilines is 1. The number of rotatable bonds is 6. The highest BCUT2D eigenvalue weighted by atomic mass is 32.1. The molecule has 2 N–H and O–H groups in total. The Morgan fingerprint density at radius 3 is 2.87 bits per heavy atom. The Balaban J connectivity index is 2.22.